The molecule has 1 aliphatic heterocycles. The number of benzene rings is 1. The number of urea groups is 1. The number of carbonyl (C=O) groups is 1. The average molecular weight is 290 g/mol. The second-order valence-electron chi connectivity index (χ2n) is 6.15. The number of halogens is 1. The van der Waals surface area contributed by atoms with Gasteiger partial charge in [-0.1, -0.05) is 6.07 Å². The van der Waals surface area contributed by atoms with Gasteiger partial charge in [-0.25, -0.2) is 9.18 Å². The van der Waals surface area contributed by atoms with Crippen molar-refractivity contribution in [2.75, 3.05) is 19.6 Å². The molecule has 114 valence electrons. The van der Waals surface area contributed by atoms with Crippen LogP contribution in [0.15, 0.2) is 18.2 Å². The van der Waals surface area contributed by atoms with E-state index in [0.717, 1.165) is 38.8 Å². The Morgan fingerprint density at radius 3 is 2.81 bits per heavy atom. The zero-order valence-electron chi connectivity index (χ0n) is 12.6. The van der Waals surface area contributed by atoms with Crippen LogP contribution in [0.5, 0.6) is 0 Å². The molecule has 1 aromatic rings. The third-order valence-electron chi connectivity index (χ3n) is 4.96. The third-order valence-corrected chi connectivity index (χ3v) is 4.96. The Hall–Kier alpha value is -1.58. The van der Waals surface area contributed by atoms with Crippen molar-refractivity contribution in [2.24, 2.45) is 5.92 Å². The highest BCUT2D eigenvalue weighted by Gasteiger charge is 2.33. The highest BCUT2D eigenvalue weighted by molar-refractivity contribution is 5.74. The molecule has 1 heterocycles. The number of piperidine rings is 1. The molecule has 1 N–H and O–H groups in total. The van der Waals surface area contributed by atoms with Crippen LogP contribution < -0.4 is 5.32 Å². The van der Waals surface area contributed by atoms with Crippen molar-refractivity contribution in [2.45, 2.75) is 38.5 Å². The van der Waals surface area contributed by atoms with Gasteiger partial charge >= 0.3 is 6.03 Å². The van der Waals surface area contributed by atoms with Crippen LogP contribution in [0.1, 0.15) is 43.2 Å². The molecule has 0 spiro atoms. The van der Waals surface area contributed by atoms with E-state index in [2.05, 4.69) is 5.32 Å². The lowest BCUT2D eigenvalue weighted by Gasteiger charge is -2.35. The maximum Gasteiger partial charge on any atom is 0.317 e. The SMILES string of the molecule is CCNC(=O)N1CCC(C2CCc3ccc(F)cc32)CC1. The Labute approximate surface area is 125 Å². The standard InChI is InChI=1S/C17H23FN2O/c1-2-19-17(21)20-9-7-13(8-10-20)15-6-4-12-3-5-14(18)11-16(12)15/h3,5,11,13,15H,2,4,6-10H2,1H3,(H,19,21). The van der Waals surface area contributed by atoms with Gasteiger partial charge in [-0.05, 0) is 67.7 Å². The predicted octanol–water partition coefficient (Wildman–Crippen LogP) is 3.30. The summed E-state index contributed by atoms with van der Waals surface area (Å²) in [6.45, 7) is 4.25. The minimum absolute atomic E-state index is 0.0498. The van der Waals surface area contributed by atoms with Gasteiger partial charge in [-0.15, -0.1) is 0 Å². The fourth-order valence-corrected chi connectivity index (χ4v) is 3.86. The van der Waals surface area contributed by atoms with Gasteiger partial charge in [0.05, 0.1) is 0 Å². The highest BCUT2D eigenvalue weighted by atomic mass is 19.1. The smallest absolute Gasteiger partial charge is 0.317 e. The van der Waals surface area contributed by atoms with Crippen LogP contribution in [0.3, 0.4) is 0 Å². The first kappa shape index (κ1) is 14.4. The molecule has 3 nitrogen and oxygen atoms in total. The van der Waals surface area contributed by atoms with Crippen molar-refractivity contribution in [3.8, 4) is 0 Å². The average Bonchev–Trinajstić information content (AvgIpc) is 2.90. The monoisotopic (exact) mass is 290 g/mol. The van der Waals surface area contributed by atoms with Gasteiger partial charge in [0.15, 0.2) is 0 Å². The molecule has 1 aliphatic carbocycles. The molecular weight excluding hydrogens is 267 g/mol. The van der Waals surface area contributed by atoms with E-state index in [0.29, 0.717) is 18.4 Å². The Morgan fingerprint density at radius 2 is 2.10 bits per heavy atom. The largest absolute Gasteiger partial charge is 0.338 e. The van der Waals surface area contributed by atoms with E-state index in [1.54, 1.807) is 12.1 Å². The molecule has 21 heavy (non-hydrogen) atoms. The normalized spacial score (nSPS) is 22.2. The molecule has 1 unspecified atom stereocenters. The first-order chi connectivity index (χ1) is 10.2. The van der Waals surface area contributed by atoms with Crippen LogP contribution in [-0.2, 0) is 6.42 Å². The molecule has 1 atom stereocenters. The summed E-state index contributed by atoms with van der Waals surface area (Å²) in [5, 5.41) is 2.86. The number of carbonyl (C=O) groups excluding carboxylic acids is 1. The maximum absolute atomic E-state index is 13.5. The molecular formula is C17H23FN2O. The van der Waals surface area contributed by atoms with Gasteiger partial charge in [0.1, 0.15) is 5.82 Å². The molecule has 0 saturated carbocycles. The number of likely N-dealkylation sites (tertiary alicyclic amines) is 1. The quantitative estimate of drug-likeness (QED) is 0.890. The minimum Gasteiger partial charge on any atom is -0.338 e. The second kappa shape index (κ2) is 6.04. The zero-order chi connectivity index (χ0) is 14.8. The van der Waals surface area contributed by atoms with Crippen molar-refractivity contribution >= 4 is 6.03 Å². The number of amides is 2. The van der Waals surface area contributed by atoms with Gasteiger partial charge in [-0.2, -0.15) is 0 Å². The molecule has 2 amide bonds. The summed E-state index contributed by atoms with van der Waals surface area (Å²) in [5.74, 6) is 0.936. The number of fused-ring (bicyclic) bond motifs is 1. The summed E-state index contributed by atoms with van der Waals surface area (Å²) < 4.78 is 13.5. The van der Waals surface area contributed by atoms with Gasteiger partial charge < -0.3 is 10.2 Å². The van der Waals surface area contributed by atoms with E-state index in [1.807, 2.05) is 17.9 Å². The van der Waals surface area contributed by atoms with Gasteiger partial charge in [0.25, 0.3) is 0 Å². The number of aryl methyl sites for hydroxylation is 1. The zero-order valence-corrected chi connectivity index (χ0v) is 12.6. The maximum atomic E-state index is 13.5. The molecule has 1 aromatic carbocycles. The van der Waals surface area contributed by atoms with Crippen LogP contribution in [-0.4, -0.2) is 30.6 Å². The lowest BCUT2D eigenvalue weighted by atomic mass is 9.81. The van der Waals surface area contributed by atoms with Crippen LogP contribution in [0, 0.1) is 11.7 Å². The molecule has 2 aliphatic rings. The van der Waals surface area contributed by atoms with Crippen LogP contribution in [0.25, 0.3) is 0 Å². The molecule has 4 heteroatoms. The minimum atomic E-state index is -0.125. The molecule has 0 radical (unpaired) electrons. The molecule has 0 bridgehead atoms. The summed E-state index contributed by atoms with van der Waals surface area (Å²) in [6.07, 6.45) is 4.25. The number of rotatable bonds is 2. The summed E-state index contributed by atoms with van der Waals surface area (Å²) >= 11 is 0. The first-order valence-electron chi connectivity index (χ1n) is 8.00. The molecule has 1 saturated heterocycles. The number of hydrogen-bond acceptors (Lipinski definition) is 1. The van der Waals surface area contributed by atoms with Crippen LogP contribution in [0.4, 0.5) is 9.18 Å². The fraction of sp³-hybridized carbons (Fsp3) is 0.588. The fourth-order valence-electron chi connectivity index (χ4n) is 3.86. The summed E-state index contributed by atoms with van der Waals surface area (Å²) in [4.78, 5) is 13.7. The van der Waals surface area contributed by atoms with Crippen molar-refractivity contribution < 1.29 is 9.18 Å². The van der Waals surface area contributed by atoms with Crippen molar-refractivity contribution in [1.82, 2.24) is 10.2 Å². The van der Waals surface area contributed by atoms with Crippen molar-refractivity contribution in [3.63, 3.8) is 0 Å². The Morgan fingerprint density at radius 1 is 1.33 bits per heavy atom. The van der Waals surface area contributed by atoms with E-state index in [1.165, 1.54) is 11.1 Å². The lowest BCUT2D eigenvalue weighted by Crippen LogP contribution is -2.45. The van der Waals surface area contributed by atoms with Gasteiger partial charge in [-0.3, -0.25) is 0 Å². The van der Waals surface area contributed by atoms with Crippen LogP contribution in [0.2, 0.25) is 0 Å². The summed E-state index contributed by atoms with van der Waals surface area (Å²) in [6, 6.07) is 5.28. The van der Waals surface area contributed by atoms with E-state index in [4.69, 9.17) is 0 Å². The first-order valence-corrected chi connectivity index (χ1v) is 8.00. The third kappa shape index (κ3) is 2.89. The summed E-state index contributed by atoms with van der Waals surface area (Å²) in [7, 11) is 0. The van der Waals surface area contributed by atoms with E-state index >= 15 is 0 Å². The van der Waals surface area contributed by atoms with Crippen molar-refractivity contribution in [1.29, 1.82) is 0 Å². The number of hydrogen-bond donors (Lipinski definition) is 1. The molecule has 0 aromatic heterocycles. The second-order valence-corrected chi connectivity index (χ2v) is 6.15. The lowest BCUT2D eigenvalue weighted by molar-refractivity contribution is 0.163. The van der Waals surface area contributed by atoms with Gasteiger partial charge in [0.2, 0.25) is 0 Å². The number of nitrogens with one attached hydrogen (secondary N) is 1. The topological polar surface area (TPSA) is 32.3 Å². The van der Waals surface area contributed by atoms with E-state index < -0.39 is 0 Å². The van der Waals surface area contributed by atoms with Gasteiger partial charge in [0, 0.05) is 19.6 Å². The van der Waals surface area contributed by atoms with Crippen LogP contribution >= 0.6 is 0 Å². The van der Waals surface area contributed by atoms with E-state index in [-0.39, 0.29) is 11.8 Å². The van der Waals surface area contributed by atoms with E-state index in [9.17, 15) is 9.18 Å². The number of nitrogens with zero attached hydrogens (tertiary/aromatic N) is 1. The molecule has 1 fully saturated rings. The van der Waals surface area contributed by atoms with Crippen molar-refractivity contribution in [3.05, 3.63) is 35.1 Å². The molecule has 3 rings (SSSR count). The summed E-state index contributed by atoms with van der Waals surface area (Å²) in [5.41, 5.74) is 2.53. The Balaban J connectivity index is 1.64. The Kier molecular flexibility index (Phi) is 4.13. The highest BCUT2D eigenvalue weighted by Crippen LogP contribution is 2.42. The predicted molar refractivity (Wildman–Crippen MR) is 80.8 cm³/mol. The Bertz CT molecular complexity index is 524.